The van der Waals surface area contributed by atoms with Crippen molar-refractivity contribution >= 4 is 16.8 Å². The van der Waals surface area contributed by atoms with Crippen molar-refractivity contribution in [1.82, 2.24) is 14.6 Å². The number of carbonyl (C=O) groups excluding carboxylic acids is 1. The fraction of sp³-hybridized carbons (Fsp3) is 0.391. The van der Waals surface area contributed by atoms with Gasteiger partial charge in [0.05, 0.1) is 24.4 Å². The first-order valence-electron chi connectivity index (χ1n) is 10.3. The summed E-state index contributed by atoms with van der Waals surface area (Å²) in [6, 6.07) is 6.47. The summed E-state index contributed by atoms with van der Waals surface area (Å²) in [6.07, 6.45) is 7.15. The number of methoxy groups -OCH3 is 1. The molecule has 4 rings (SSSR count). The first-order valence-corrected chi connectivity index (χ1v) is 10.3. The van der Waals surface area contributed by atoms with E-state index in [-0.39, 0.29) is 18.5 Å². The van der Waals surface area contributed by atoms with Gasteiger partial charge in [0.25, 0.3) is 5.91 Å². The summed E-state index contributed by atoms with van der Waals surface area (Å²) in [5.41, 5.74) is 4.27. The minimum absolute atomic E-state index is 0.174. The van der Waals surface area contributed by atoms with Gasteiger partial charge < -0.3 is 9.30 Å². The summed E-state index contributed by atoms with van der Waals surface area (Å²) in [7, 11) is 1.73. The van der Waals surface area contributed by atoms with Gasteiger partial charge in [0.15, 0.2) is 0 Å². The molecule has 0 saturated heterocycles. The van der Waals surface area contributed by atoms with Crippen LogP contribution in [0.2, 0.25) is 0 Å². The Bertz CT molecular complexity index is 1060. The van der Waals surface area contributed by atoms with Crippen LogP contribution in [0.3, 0.4) is 0 Å². The zero-order valence-corrected chi connectivity index (χ0v) is 17.3. The lowest BCUT2D eigenvalue weighted by Gasteiger charge is -2.23. The molecule has 3 heterocycles. The molecule has 0 bridgehead atoms. The van der Waals surface area contributed by atoms with Crippen molar-refractivity contribution in [3.05, 3.63) is 64.9 Å². The van der Waals surface area contributed by atoms with Crippen molar-refractivity contribution in [2.45, 2.75) is 45.3 Å². The molecule has 2 aromatic heterocycles. The Morgan fingerprint density at radius 1 is 1.30 bits per heavy atom. The largest absolute Gasteiger partial charge is 0.381 e. The molecule has 6 nitrogen and oxygen atoms in total. The minimum atomic E-state index is -0.460. The Morgan fingerprint density at radius 2 is 2.07 bits per heavy atom. The van der Waals surface area contributed by atoms with Gasteiger partial charge in [-0.3, -0.25) is 10.0 Å². The third-order valence-electron chi connectivity index (χ3n) is 5.90. The molecule has 7 heteroatoms. The van der Waals surface area contributed by atoms with Crippen LogP contribution >= 0.6 is 0 Å². The van der Waals surface area contributed by atoms with Crippen molar-refractivity contribution in [2.75, 3.05) is 13.7 Å². The van der Waals surface area contributed by atoms with Gasteiger partial charge in [-0.1, -0.05) is 19.1 Å². The Kier molecular flexibility index (Phi) is 5.83. The number of hydrogen-bond donors (Lipinski definition) is 1. The lowest BCUT2D eigenvalue weighted by atomic mass is 9.96. The number of fused-ring (bicyclic) bond motifs is 3. The second kappa shape index (κ2) is 8.53. The fourth-order valence-corrected chi connectivity index (χ4v) is 4.22. The molecule has 1 aliphatic heterocycles. The number of hydroxylamine groups is 2. The maximum atomic E-state index is 13.3. The topological polar surface area (TPSA) is 67.6 Å². The van der Waals surface area contributed by atoms with Gasteiger partial charge in [-0.15, -0.1) is 0 Å². The Balaban J connectivity index is 1.78. The first kappa shape index (κ1) is 20.5. The van der Waals surface area contributed by atoms with E-state index in [1.54, 1.807) is 25.4 Å². The van der Waals surface area contributed by atoms with Crippen molar-refractivity contribution < 1.29 is 19.1 Å². The van der Waals surface area contributed by atoms with Gasteiger partial charge in [-0.2, -0.15) is 0 Å². The third kappa shape index (κ3) is 3.82. The lowest BCUT2D eigenvalue weighted by molar-refractivity contribution is -0.0606. The lowest BCUT2D eigenvalue weighted by Crippen LogP contribution is -2.35. The molecule has 0 radical (unpaired) electrons. The number of rotatable bonds is 7. The molecule has 158 valence electrons. The number of pyridine rings is 1. The van der Waals surface area contributed by atoms with E-state index in [9.17, 15) is 14.4 Å². The van der Waals surface area contributed by atoms with Gasteiger partial charge in [0, 0.05) is 25.2 Å². The highest BCUT2D eigenvalue weighted by atomic mass is 19.1. The molecular weight excluding hydrogens is 385 g/mol. The number of aromatic nitrogens is 2. The van der Waals surface area contributed by atoms with Crippen LogP contribution in [0.4, 0.5) is 4.39 Å². The van der Waals surface area contributed by atoms with Gasteiger partial charge in [-0.05, 0) is 54.5 Å². The quantitative estimate of drug-likeness (QED) is 0.598. The third-order valence-corrected chi connectivity index (χ3v) is 5.90. The van der Waals surface area contributed by atoms with Crippen LogP contribution in [0, 0.1) is 5.82 Å². The molecule has 0 saturated carbocycles. The molecule has 1 aliphatic rings. The maximum absolute atomic E-state index is 13.3. The molecule has 1 atom stereocenters. The SMILES string of the molecule is CCC(CCc1cn(Cc2ccc(F)cc2)c2cnc3c(c12)CCN(O)C3=O)OC. The minimum Gasteiger partial charge on any atom is -0.381 e. The predicted molar refractivity (Wildman–Crippen MR) is 111 cm³/mol. The highest BCUT2D eigenvalue weighted by Gasteiger charge is 2.28. The normalized spacial score (nSPS) is 14.9. The number of ether oxygens (including phenoxy) is 1. The zero-order chi connectivity index (χ0) is 21.3. The Hall–Kier alpha value is -2.77. The smallest absolute Gasteiger partial charge is 0.296 e. The van der Waals surface area contributed by atoms with Crippen LogP contribution in [0.25, 0.3) is 10.9 Å². The first-order chi connectivity index (χ1) is 14.5. The molecule has 0 fully saturated rings. The summed E-state index contributed by atoms with van der Waals surface area (Å²) < 4.78 is 20.9. The van der Waals surface area contributed by atoms with Crippen molar-refractivity contribution in [3.8, 4) is 0 Å². The second-order valence-electron chi connectivity index (χ2n) is 7.74. The summed E-state index contributed by atoms with van der Waals surface area (Å²) in [5.74, 6) is -0.719. The van der Waals surface area contributed by atoms with Crippen LogP contribution in [0.15, 0.2) is 36.7 Å². The van der Waals surface area contributed by atoms with Crippen LogP contribution in [-0.2, 0) is 24.1 Å². The van der Waals surface area contributed by atoms with Crippen LogP contribution in [0.1, 0.15) is 46.9 Å². The van der Waals surface area contributed by atoms with E-state index >= 15 is 0 Å². The average molecular weight is 411 g/mol. The van der Waals surface area contributed by atoms with E-state index in [1.807, 2.05) is 0 Å². The van der Waals surface area contributed by atoms with Gasteiger partial charge in [0.1, 0.15) is 11.5 Å². The summed E-state index contributed by atoms with van der Waals surface area (Å²) in [4.78, 5) is 16.8. The summed E-state index contributed by atoms with van der Waals surface area (Å²) in [6.45, 7) is 2.94. The number of nitrogens with zero attached hydrogens (tertiary/aromatic N) is 3. The van der Waals surface area contributed by atoms with Crippen molar-refractivity contribution in [3.63, 3.8) is 0 Å². The molecule has 3 aromatic rings. The molecule has 30 heavy (non-hydrogen) atoms. The number of carbonyl (C=O) groups is 1. The summed E-state index contributed by atoms with van der Waals surface area (Å²) >= 11 is 0. The Labute approximate surface area is 174 Å². The highest BCUT2D eigenvalue weighted by molar-refractivity contribution is 6.00. The molecule has 0 aliphatic carbocycles. The Morgan fingerprint density at radius 3 is 2.77 bits per heavy atom. The second-order valence-corrected chi connectivity index (χ2v) is 7.74. The van der Waals surface area contributed by atoms with Crippen LogP contribution < -0.4 is 0 Å². The monoisotopic (exact) mass is 411 g/mol. The molecule has 0 spiro atoms. The van der Waals surface area contributed by atoms with Crippen LogP contribution in [-0.4, -0.2) is 45.5 Å². The van der Waals surface area contributed by atoms with E-state index < -0.39 is 5.91 Å². The van der Waals surface area contributed by atoms with E-state index in [0.717, 1.165) is 51.9 Å². The highest BCUT2D eigenvalue weighted by Crippen LogP contribution is 2.31. The van der Waals surface area contributed by atoms with Crippen molar-refractivity contribution in [1.29, 1.82) is 0 Å². The molecule has 1 aromatic carbocycles. The zero-order valence-electron chi connectivity index (χ0n) is 17.3. The van der Waals surface area contributed by atoms with Gasteiger partial charge in [-0.25, -0.2) is 14.4 Å². The van der Waals surface area contributed by atoms with E-state index in [4.69, 9.17) is 4.74 Å². The number of hydrogen-bond acceptors (Lipinski definition) is 4. The van der Waals surface area contributed by atoms with E-state index in [1.165, 1.54) is 12.1 Å². The summed E-state index contributed by atoms with van der Waals surface area (Å²) in [5, 5.41) is 11.6. The molecule has 1 N–H and O–H groups in total. The number of amides is 1. The van der Waals surface area contributed by atoms with E-state index in [2.05, 4.69) is 22.7 Å². The molecule has 1 amide bonds. The maximum Gasteiger partial charge on any atom is 0.296 e. The molecular formula is C23H26FN3O3. The number of halogens is 1. The van der Waals surface area contributed by atoms with Gasteiger partial charge >= 0.3 is 0 Å². The predicted octanol–water partition coefficient (Wildman–Crippen LogP) is 3.97. The standard InChI is InChI=1S/C23H26FN3O3/c1-3-18(30-2)9-6-16-14-26(13-15-4-7-17(24)8-5-15)20-12-25-22-19(21(16)20)10-11-27(29)23(22)28/h4-5,7-8,12,14,18,29H,3,6,9-11,13H2,1-2H3. The van der Waals surface area contributed by atoms with E-state index in [0.29, 0.717) is 18.7 Å². The van der Waals surface area contributed by atoms with Gasteiger partial charge in [0.2, 0.25) is 0 Å². The molecule has 1 unspecified atom stereocenters. The fourth-order valence-electron chi connectivity index (χ4n) is 4.22. The van der Waals surface area contributed by atoms with Crippen LogP contribution in [0.5, 0.6) is 0 Å². The average Bonchev–Trinajstić information content (AvgIpc) is 3.11. The number of benzene rings is 1. The van der Waals surface area contributed by atoms with Crippen molar-refractivity contribution in [2.24, 2.45) is 0 Å². The number of aryl methyl sites for hydroxylation is 1.